The number of carbonyl (C=O) groups excluding carboxylic acids is 2. The molecule has 0 N–H and O–H groups in total. The van der Waals surface area contributed by atoms with Gasteiger partial charge < -0.3 is 19.3 Å². The van der Waals surface area contributed by atoms with Crippen LogP contribution >= 0.6 is 0 Å². The smallest absolute Gasteiger partial charge is 0.410 e. The zero-order valence-corrected chi connectivity index (χ0v) is 12.8. The largest absolute Gasteiger partial charge is 0.436 e. The number of rotatable bonds is 6. The van der Waals surface area contributed by atoms with Crippen molar-refractivity contribution in [3.63, 3.8) is 0 Å². The van der Waals surface area contributed by atoms with E-state index in [1.807, 2.05) is 27.7 Å². The van der Waals surface area contributed by atoms with Crippen molar-refractivity contribution in [2.75, 3.05) is 39.4 Å². The van der Waals surface area contributed by atoms with E-state index < -0.39 is 0 Å². The second-order valence-corrected chi connectivity index (χ2v) is 3.81. The highest BCUT2D eigenvalue weighted by atomic mass is 16.6. The molecule has 0 saturated heterocycles. The summed E-state index contributed by atoms with van der Waals surface area (Å²) in [7, 11) is 0. The highest BCUT2D eigenvalue weighted by Crippen LogP contribution is 1.93. The van der Waals surface area contributed by atoms with Gasteiger partial charge in [-0.25, -0.2) is 9.59 Å². The average molecular weight is 284 g/mol. The molecule has 0 aliphatic heterocycles. The summed E-state index contributed by atoms with van der Waals surface area (Å²) in [6.45, 7) is 9.91. The van der Waals surface area contributed by atoms with Crippen molar-refractivity contribution < 1.29 is 19.1 Å². The molecule has 0 radical (unpaired) electrons. The van der Waals surface area contributed by atoms with E-state index in [1.54, 1.807) is 9.80 Å². The van der Waals surface area contributed by atoms with E-state index in [4.69, 9.17) is 9.47 Å². The minimum absolute atomic E-state index is 0.00183. The van der Waals surface area contributed by atoms with Gasteiger partial charge in [0.1, 0.15) is 0 Å². The van der Waals surface area contributed by atoms with Crippen LogP contribution in [0.4, 0.5) is 9.59 Å². The van der Waals surface area contributed by atoms with Gasteiger partial charge in [0.2, 0.25) is 0 Å². The Morgan fingerprint density at radius 1 is 0.750 bits per heavy atom. The van der Waals surface area contributed by atoms with E-state index >= 15 is 0 Å². The second-order valence-electron chi connectivity index (χ2n) is 3.81. The molecule has 20 heavy (non-hydrogen) atoms. The Kier molecular flexibility index (Phi) is 9.93. The third-order valence-electron chi connectivity index (χ3n) is 2.70. The maximum absolute atomic E-state index is 11.5. The van der Waals surface area contributed by atoms with Crippen LogP contribution in [0.15, 0.2) is 0 Å². The third-order valence-corrected chi connectivity index (χ3v) is 2.70. The zero-order valence-electron chi connectivity index (χ0n) is 12.8. The van der Waals surface area contributed by atoms with E-state index in [0.29, 0.717) is 26.2 Å². The molecule has 0 unspecified atom stereocenters. The average Bonchev–Trinajstić information content (AvgIpc) is 2.45. The Bertz CT molecular complexity index is 320. The van der Waals surface area contributed by atoms with Crippen molar-refractivity contribution >= 4 is 12.2 Å². The molecule has 0 aliphatic rings. The maximum Gasteiger partial charge on any atom is 0.410 e. The van der Waals surface area contributed by atoms with Gasteiger partial charge in [-0.3, -0.25) is 0 Å². The van der Waals surface area contributed by atoms with E-state index in [2.05, 4.69) is 11.8 Å². The standard InChI is InChI=1S/C14H24N2O4/c1-5-15(6-2)13(17)19-11-9-10-12-20-14(18)16(7-3)8-4/h5-8,11-12H2,1-4H3. The molecule has 0 spiro atoms. The summed E-state index contributed by atoms with van der Waals surface area (Å²) in [5.41, 5.74) is 0. The lowest BCUT2D eigenvalue weighted by Crippen LogP contribution is -2.31. The molecular formula is C14H24N2O4. The first-order chi connectivity index (χ1) is 9.60. The van der Waals surface area contributed by atoms with Crippen molar-refractivity contribution in [3.05, 3.63) is 0 Å². The molecule has 0 saturated carbocycles. The van der Waals surface area contributed by atoms with Gasteiger partial charge in [-0.05, 0) is 27.7 Å². The van der Waals surface area contributed by atoms with Crippen LogP contribution in [0.25, 0.3) is 0 Å². The van der Waals surface area contributed by atoms with Crippen LogP contribution in [-0.2, 0) is 9.47 Å². The van der Waals surface area contributed by atoms with Crippen LogP contribution in [0, 0.1) is 11.8 Å². The fourth-order valence-corrected chi connectivity index (χ4v) is 1.44. The van der Waals surface area contributed by atoms with Gasteiger partial charge in [0, 0.05) is 26.2 Å². The predicted molar refractivity (Wildman–Crippen MR) is 76.3 cm³/mol. The number of carbonyl (C=O) groups is 2. The minimum Gasteiger partial charge on any atom is -0.436 e. The molecule has 114 valence electrons. The molecule has 6 heteroatoms. The molecule has 0 heterocycles. The van der Waals surface area contributed by atoms with E-state index in [9.17, 15) is 9.59 Å². The van der Waals surface area contributed by atoms with Crippen LogP contribution in [0.2, 0.25) is 0 Å². The molecule has 0 atom stereocenters. The van der Waals surface area contributed by atoms with Crippen LogP contribution in [0.1, 0.15) is 27.7 Å². The van der Waals surface area contributed by atoms with Crippen molar-refractivity contribution in [3.8, 4) is 11.8 Å². The second kappa shape index (κ2) is 11.0. The van der Waals surface area contributed by atoms with Gasteiger partial charge in [-0.2, -0.15) is 0 Å². The maximum atomic E-state index is 11.5. The molecule has 2 amide bonds. The summed E-state index contributed by atoms with van der Waals surface area (Å²) >= 11 is 0. The summed E-state index contributed by atoms with van der Waals surface area (Å²) < 4.78 is 9.89. The highest BCUT2D eigenvalue weighted by Gasteiger charge is 2.10. The topological polar surface area (TPSA) is 59.1 Å². The lowest BCUT2D eigenvalue weighted by molar-refractivity contribution is 0.115. The molecule has 0 aromatic rings. The molecule has 0 rings (SSSR count). The Morgan fingerprint density at radius 3 is 1.30 bits per heavy atom. The highest BCUT2D eigenvalue weighted by molar-refractivity contribution is 5.68. The molecule has 0 aromatic carbocycles. The van der Waals surface area contributed by atoms with Crippen molar-refractivity contribution in [1.29, 1.82) is 0 Å². The number of nitrogens with zero attached hydrogens (tertiary/aromatic N) is 2. The Balaban J connectivity index is 3.90. The van der Waals surface area contributed by atoms with E-state index in [-0.39, 0.29) is 25.4 Å². The Hall–Kier alpha value is -1.90. The lowest BCUT2D eigenvalue weighted by Gasteiger charge is -2.17. The molecule has 0 aliphatic carbocycles. The van der Waals surface area contributed by atoms with Gasteiger partial charge in [-0.15, -0.1) is 0 Å². The molecular weight excluding hydrogens is 260 g/mol. The predicted octanol–water partition coefficient (Wildman–Crippen LogP) is 1.95. The SMILES string of the molecule is CCN(CC)C(=O)OCC#CCOC(=O)N(CC)CC. The van der Waals surface area contributed by atoms with E-state index in [0.717, 1.165) is 0 Å². The number of amides is 2. The number of hydrogen-bond acceptors (Lipinski definition) is 4. The van der Waals surface area contributed by atoms with Gasteiger partial charge >= 0.3 is 12.2 Å². The summed E-state index contributed by atoms with van der Waals surface area (Å²) in [5.74, 6) is 5.27. The van der Waals surface area contributed by atoms with Crippen molar-refractivity contribution in [1.82, 2.24) is 9.80 Å². The van der Waals surface area contributed by atoms with Crippen LogP contribution in [0.3, 0.4) is 0 Å². The third kappa shape index (κ3) is 6.88. The summed E-state index contributed by atoms with van der Waals surface area (Å²) in [6.07, 6.45) is -0.770. The first-order valence-electron chi connectivity index (χ1n) is 6.89. The minimum atomic E-state index is -0.385. The number of hydrogen-bond donors (Lipinski definition) is 0. The van der Waals surface area contributed by atoms with Gasteiger partial charge in [0.25, 0.3) is 0 Å². The quantitative estimate of drug-likeness (QED) is 0.699. The van der Waals surface area contributed by atoms with Crippen LogP contribution in [-0.4, -0.2) is 61.4 Å². The monoisotopic (exact) mass is 284 g/mol. The molecule has 0 aromatic heterocycles. The fourth-order valence-electron chi connectivity index (χ4n) is 1.44. The Labute approximate surface area is 121 Å². The van der Waals surface area contributed by atoms with Crippen molar-refractivity contribution in [2.24, 2.45) is 0 Å². The van der Waals surface area contributed by atoms with Gasteiger partial charge in [0.05, 0.1) is 0 Å². The fraction of sp³-hybridized carbons (Fsp3) is 0.714. The molecule has 0 fully saturated rings. The zero-order chi connectivity index (χ0) is 15.4. The first kappa shape index (κ1) is 18.1. The van der Waals surface area contributed by atoms with Crippen LogP contribution < -0.4 is 0 Å². The lowest BCUT2D eigenvalue weighted by atomic mass is 10.5. The summed E-state index contributed by atoms with van der Waals surface area (Å²) in [5, 5.41) is 0. The van der Waals surface area contributed by atoms with Crippen molar-refractivity contribution in [2.45, 2.75) is 27.7 Å². The van der Waals surface area contributed by atoms with E-state index in [1.165, 1.54) is 0 Å². The summed E-state index contributed by atoms with van der Waals surface area (Å²) in [4.78, 5) is 26.0. The number of ether oxygens (including phenoxy) is 2. The summed E-state index contributed by atoms with van der Waals surface area (Å²) in [6, 6.07) is 0. The van der Waals surface area contributed by atoms with Gasteiger partial charge in [-0.1, -0.05) is 11.8 Å². The first-order valence-corrected chi connectivity index (χ1v) is 6.89. The Morgan fingerprint density at radius 2 is 1.05 bits per heavy atom. The van der Waals surface area contributed by atoms with Gasteiger partial charge in [0.15, 0.2) is 13.2 Å². The van der Waals surface area contributed by atoms with Crippen LogP contribution in [0.5, 0.6) is 0 Å². The molecule has 6 nitrogen and oxygen atoms in total. The molecule has 0 bridgehead atoms. The normalized spacial score (nSPS) is 9.20.